The lowest BCUT2D eigenvalue weighted by Gasteiger charge is -2.34. The van der Waals surface area contributed by atoms with E-state index in [1.54, 1.807) is 20.8 Å². The Morgan fingerprint density at radius 1 is 1.06 bits per heavy atom. The van der Waals surface area contributed by atoms with E-state index < -0.39 is 63.7 Å². The number of methoxy groups -OCH3 is 1. The lowest BCUT2D eigenvalue weighted by molar-refractivity contribution is -0.128. The predicted octanol–water partition coefficient (Wildman–Crippen LogP) is 4.79. The first-order valence-corrected chi connectivity index (χ1v) is 11.4. The third-order valence-corrected chi connectivity index (χ3v) is 6.73. The van der Waals surface area contributed by atoms with Crippen LogP contribution >= 0.6 is 0 Å². The van der Waals surface area contributed by atoms with Gasteiger partial charge in [-0.1, -0.05) is 20.8 Å². The Morgan fingerprint density at radius 2 is 1.65 bits per heavy atom. The Hall–Kier alpha value is -3.29. The van der Waals surface area contributed by atoms with E-state index in [-0.39, 0.29) is 34.4 Å². The Morgan fingerprint density at radius 3 is 2.15 bits per heavy atom. The van der Waals surface area contributed by atoms with E-state index in [4.69, 9.17) is 4.74 Å². The van der Waals surface area contributed by atoms with Crippen LogP contribution in [0.3, 0.4) is 0 Å². The van der Waals surface area contributed by atoms with E-state index in [1.807, 2.05) is 0 Å². The second-order valence-corrected chi connectivity index (χ2v) is 9.09. The lowest BCUT2D eigenvalue weighted by atomic mass is 9.68. The quantitative estimate of drug-likeness (QED) is 0.296. The highest BCUT2D eigenvalue weighted by Gasteiger charge is 2.49. The Bertz CT molecular complexity index is 1110. The number of aromatic hydroxyl groups is 2. The van der Waals surface area contributed by atoms with Crippen molar-refractivity contribution in [2.24, 2.45) is 11.3 Å². The van der Waals surface area contributed by atoms with Crippen molar-refractivity contribution < 1.29 is 39.5 Å². The second-order valence-electron chi connectivity index (χ2n) is 9.09. The molecule has 1 aromatic carbocycles. The van der Waals surface area contributed by atoms with Crippen molar-refractivity contribution in [3.8, 4) is 17.2 Å². The number of ether oxygens (including phenoxy) is 1. The fraction of sp³-hybridized carbons (Fsp3) is 0.500. The van der Waals surface area contributed by atoms with Gasteiger partial charge in [-0.25, -0.2) is 0 Å². The Labute approximate surface area is 199 Å². The van der Waals surface area contributed by atoms with E-state index in [0.717, 1.165) is 0 Å². The van der Waals surface area contributed by atoms with Gasteiger partial charge >= 0.3 is 0 Å². The average Bonchev–Trinajstić information content (AvgIpc) is 2.81. The molecule has 4 N–H and O–H groups in total. The number of aliphatic hydroxyl groups excluding tert-OH is 2. The summed E-state index contributed by atoms with van der Waals surface area (Å²) in [6.07, 6.45) is 0.657. The number of aliphatic hydroxyl groups is 2. The molecule has 2 atom stereocenters. The number of ketones is 3. The molecule has 0 aromatic heterocycles. The normalized spacial score (nSPS) is 19.4. The summed E-state index contributed by atoms with van der Waals surface area (Å²) in [6.45, 7) is 9.48. The van der Waals surface area contributed by atoms with Crippen molar-refractivity contribution >= 4 is 17.3 Å². The highest BCUT2D eigenvalue weighted by Crippen LogP contribution is 2.49. The molecule has 0 heterocycles. The molecule has 0 spiro atoms. The minimum Gasteiger partial charge on any atom is -0.511 e. The molecule has 34 heavy (non-hydrogen) atoms. The molecule has 0 saturated heterocycles. The summed E-state index contributed by atoms with van der Waals surface area (Å²) in [6, 6.07) is 0. The summed E-state index contributed by atoms with van der Waals surface area (Å²) in [7, 11) is 1.31. The number of hydrogen-bond acceptors (Lipinski definition) is 8. The van der Waals surface area contributed by atoms with Gasteiger partial charge in [0.2, 0.25) is 0 Å². The molecular formula is C26H34O8. The maximum absolute atomic E-state index is 13.5. The Kier molecular flexibility index (Phi) is 7.86. The summed E-state index contributed by atoms with van der Waals surface area (Å²) in [4.78, 5) is 39.2. The van der Waals surface area contributed by atoms with Crippen LogP contribution in [-0.2, 0) is 16.0 Å². The number of phenols is 2. The van der Waals surface area contributed by atoms with Crippen molar-refractivity contribution in [2.75, 3.05) is 7.11 Å². The van der Waals surface area contributed by atoms with E-state index in [2.05, 4.69) is 0 Å². The van der Waals surface area contributed by atoms with Crippen LogP contribution in [0.5, 0.6) is 17.2 Å². The van der Waals surface area contributed by atoms with Crippen molar-refractivity contribution in [3.63, 3.8) is 0 Å². The summed E-state index contributed by atoms with van der Waals surface area (Å²) in [5, 5.41) is 43.4. The predicted molar refractivity (Wildman–Crippen MR) is 127 cm³/mol. The number of carbonyl (C=O) groups is 3. The smallest absolute Gasteiger partial charge is 0.183 e. The summed E-state index contributed by atoms with van der Waals surface area (Å²) in [5.74, 6) is -4.30. The highest BCUT2D eigenvalue weighted by atomic mass is 16.5. The largest absolute Gasteiger partial charge is 0.511 e. The van der Waals surface area contributed by atoms with Crippen LogP contribution in [0.4, 0.5) is 0 Å². The molecule has 8 nitrogen and oxygen atoms in total. The fourth-order valence-corrected chi connectivity index (χ4v) is 4.31. The van der Waals surface area contributed by atoms with Crippen LogP contribution in [0.15, 0.2) is 22.7 Å². The van der Waals surface area contributed by atoms with Crippen LogP contribution in [0.1, 0.15) is 75.4 Å². The number of hydrogen-bond donors (Lipinski definition) is 4. The lowest BCUT2D eigenvalue weighted by Crippen LogP contribution is -2.41. The van der Waals surface area contributed by atoms with E-state index >= 15 is 0 Å². The number of Topliss-reactive ketones (excluding diaryl/α,β-unsaturated/α-hetero) is 3. The first-order valence-electron chi connectivity index (χ1n) is 11.4. The zero-order valence-electron chi connectivity index (χ0n) is 20.8. The monoisotopic (exact) mass is 474 g/mol. The minimum absolute atomic E-state index is 0.0263. The fourth-order valence-electron chi connectivity index (χ4n) is 4.31. The van der Waals surface area contributed by atoms with Gasteiger partial charge in [-0.2, -0.15) is 0 Å². The minimum atomic E-state index is -1.78. The van der Waals surface area contributed by atoms with E-state index in [0.29, 0.717) is 12.8 Å². The SMILES string of the molecule is CCCC(=O)c1c(O)c(C[C@]2(C)C(=O)C(C(=O)[C@@H](C)CC)=C(O)C(C)=C2O)c(O)c(C)c1OC. The van der Waals surface area contributed by atoms with Crippen molar-refractivity contribution in [1.82, 2.24) is 0 Å². The Balaban J connectivity index is 2.76. The van der Waals surface area contributed by atoms with Crippen molar-refractivity contribution in [1.29, 1.82) is 0 Å². The molecule has 8 heteroatoms. The third-order valence-electron chi connectivity index (χ3n) is 6.73. The van der Waals surface area contributed by atoms with E-state index in [9.17, 15) is 34.8 Å². The van der Waals surface area contributed by atoms with Crippen molar-refractivity contribution in [2.45, 2.75) is 67.2 Å². The molecule has 0 bridgehead atoms. The third kappa shape index (κ3) is 4.17. The van der Waals surface area contributed by atoms with Crippen LogP contribution < -0.4 is 4.74 Å². The number of benzene rings is 1. The molecule has 0 radical (unpaired) electrons. The summed E-state index contributed by atoms with van der Waals surface area (Å²) in [5.41, 5.74) is -2.30. The number of allylic oxidation sites excluding steroid dienone is 3. The number of phenolic OH excluding ortho intramolecular Hbond substituents is 2. The molecular weight excluding hydrogens is 440 g/mol. The van der Waals surface area contributed by atoms with Crippen LogP contribution in [-0.4, -0.2) is 44.9 Å². The molecule has 0 amide bonds. The molecule has 0 fully saturated rings. The molecule has 1 aromatic rings. The standard InChI is InChI=1S/C26H34O8/c1-8-10-16(27)17-22(31)15(20(29)13(4)23(17)34-7)11-26(6)24(32)14(5)21(30)18(25(26)33)19(28)12(3)9-2/h12,29-32H,8-11H2,1-7H3/t12-,26-/m0/s1. The van der Waals surface area contributed by atoms with Crippen LogP contribution in [0.25, 0.3) is 0 Å². The van der Waals surface area contributed by atoms with Gasteiger partial charge in [-0.05, 0) is 40.0 Å². The van der Waals surface area contributed by atoms with Crippen molar-refractivity contribution in [3.05, 3.63) is 39.4 Å². The van der Waals surface area contributed by atoms with Gasteiger partial charge in [0.05, 0.1) is 12.5 Å². The van der Waals surface area contributed by atoms with Gasteiger partial charge in [0.25, 0.3) is 0 Å². The topological polar surface area (TPSA) is 141 Å². The van der Waals surface area contributed by atoms with Gasteiger partial charge in [0, 0.05) is 29.0 Å². The number of carbonyl (C=O) groups excluding carboxylic acids is 3. The van der Waals surface area contributed by atoms with Gasteiger partial charge in [0.15, 0.2) is 17.3 Å². The first-order chi connectivity index (χ1) is 15.8. The van der Waals surface area contributed by atoms with Gasteiger partial charge in [-0.15, -0.1) is 0 Å². The van der Waals surface area contributed by atoms with Gasteiger partial charge < -0.3 is 25.2 Å². The zero-order chi connectivity index (χ0) is 26.1. The van der Waals surface area contributed by atoms with Crippen LogP contribution in [0.2, 0.25) is 0 Å². The maximum atomic E-state index is 13.5. The van der Waals surface area contributed by atoms with Gasteiger partial charge in [-0.3, -0.25) is 14.4 Å². The molecule has 0 saturated carbocycles. The summed E-state index contributed by atoms with van der Waals surface area (Å²) < 4.78 is 5.28. The summed E-state index contributed by atoms with van der Waals surface area (Å²) >= 11 is 0. The molecule has 1 aliphatic rings. The molecule has 0 aliphatic heterocycles. The van der Waals surface area contributed by atoms with E-state index in [1.165, 1.54) is 27.9 Å². The number of rotatable bonds is 9. The molecule has 0 unspecified atom stereocenters. The molecule has 1 aliphatic carbocycles. The first kappa shape index (κ1) is 27.0. The average molecular weight is 475 g/mol. The molecule has 2 rings (SSSR count). The van der Waals surface area contributed by atoms with Gasteiger partial charge in [0.1, 0.15) is 39.9 Å². The second kappa shape index (κ2) is 9.91. The maximum Gasteiger partial charge on any atom is 0.183 e. The van der Waals surface area contributed by atoms with Crippen LogP contribution in [0, 0.1) is 18.3 Å². The molecule has 186 valence electrons. The highest BCUT2D eigenvalue weighted by molar-refractivity contribution is 6.24. The zero-order valence-corrected chi connectivity index (χ0v) is 20.8.